The summed E-state index contributed by atoms with van der Waals surface area (Å²) in [6.45, 7) is 0. The van der Waals surface area contributed by atoms with Gasteiger partial charge in [0.25, 0.3) is 0 Å². The Bertz CT molecular complexity index is 250. The van der Waals surface area contributed by atoms with Crippen LogP contribution in [0.3, 0.4) is 0 Å². The molecule has 0 aliphatic carbocycles. The second-order valence-corrected chi connectivity index (χ2v) is 2.78. The lowest BCUT2D eigenvalue weighted by atomic mass is 11.0. The summed E-state index contributed by atoms with van der Waals surface area (Å²) < 4.78 is 0.525. The van der Waals surface area contributed by atoms with Gasteiger partial charge in [-0.3, -0.25) is 0 Å². The molecule has 1 aromatic rings. The van der Waals surface area contributed by atoms with Gasteiger partial charge in [0.05, 0.1) is 6.20 Å². The van der Waals surface area contributed by atoms with E-state index in [0.717, 1.165) is 11.3 Å². The first-order chi connectivity index (χ1) is 4.33. The van der Waals surface area contributed by atoms with E-state index < -0.39 is 0 Å². The van der Waals surface area contributed by atoms with Crippen LogP contribution >= 0.6 is 22.9 Å². The van der Waals surface area contributed by atoms with Crippen LogP contribution in [0, 0.1) is 0 Å². The number of azide groups is 1. The van der Waals surface area contributed by atoms with Crippen LogP contribution in [0.15, 0.2) is 11.3 Å². The van der Waals surface area contributed by atoms with Crippen LogP contribution in [-0.2, 0) is 0 Å². The van der Waals surface area contributed by atoms with Crippen molar-refractivity contribution in [2.24, 2.45) is 5.11 Å². The molecular weight excluding hydrogens is 160 g/mol. The highest BCUT2D eigenvalue weighted by Gasteiger charge is 1.93. The Hall–Kier alpha value is -0.770. The number of rotatable bonds is 1. The Balaban J connectivity index is 2.97. The van der Waals surface area contributed by atoms with Crippen molar-refractivity contribution in [2.45, 2.75) is 0 Å². The number of nitrogens with zero attached hydrogens (tertiary/aromatic N) is 4. The molecule has 1 rings (SSSR count). The topological polar surface area (TPSA) is 61.7 Å². The molecule has 9 heavy (non-hydrogen) atoms. The molecule has 0 aliphatic rings. The van der Waals surface area contributed by atoms with Gasteiger partial charge < -0.3 is 0 Å². The molecular formula is C3HClN4S. The molecule has 0 amide bonds. The SMILES string of the molecule is [N-]=[N+]=Nc1ncc(Cl)s1. The lowest BCUT2D eigenvalue weighted by molar-refractivity contribution is 1.34. The van der Waals surface area contributed by atoms with Gasteiger partial charge >= 0.3 is 0 Å². The smallest absolute Gasteiger partial charge is 0.181 e. The first-order valence-corrected chi connectivity index (χ1v) is 3.19. The van der Waals surface area contributed by atoms with Gasteiger partial charge in [-0.1, -0.05) is 11.6 Å². The van der Waals surface area contributed by atoms with Crippen molar-refractivity contribution in [2.75, 3.05) is 0 Å². The minimum Gasteiger partial charge on any atom is -0.241 e. The average Bonchev–Trinajstić information content (AvgIpc) is 2.17. The van der Waals surface area contributed by atoms with Gasteiger partial charge in [-0.25, -0.2) is 4.98 Å². The Morgan fingerprint density at radius 3 is 3.11 bits per heavy atom. The fourth-order valence-electron chi connectivity index (χ4n) is 0.330. The highest BCUT2D eigenvalue weighted by molar-refractivity contribution is 7.19. The van der Waals surface area contributed by atoms with Crippen LogP contribution in [0.2, 0.25) is 4.34 Å². The third-order valence-electron chi connectivity index (χ3n) is 0.596. The zero-order valence-corrected chi connectivity index (χ0v) is 5.72. The van der Waals surface area contributed by atoms with Crippen LogP contribution in [0.25, 0.3) is 10.4 Å². The normalized spacial score (nSPS) is 8.56. The van der Waals surface area contributed by atoms with Crippen molar-refractivity contribution < 1.29 is 0 Å². The molecule has 0 spiro atoms. The monoisotopic (exact) mass is 160 g/mol. The van der Waals surface area contributed by atoms with E-state index in [2.05, 4.69) is 15.0 Å². The standard InChI is InChI=1S/C3HClN4S/c4-2-1-6-3(9-2)7-8-5/h1H. The van der Waals surface area contributed by atoms with Crippen LogP contribution in [0.4, 0.5) is 5.13 Å². The molecule has 1 aromatic heterocycles. The van der Waals surface area contributed by atoms with Gasteiger partial charge in [0.2, 0.25) is 0 Å². The second kappa shape index (κ2) is 2.68. The lowest BCUT2D eigenvalue weighted by Crippen LogP contribution is -1.50. The maximum absolute atomic E-state index is 7.91. The number of aromatic nitrogens is 1. The van der Waals surface area contributed by atoms with Gasteiger partial charge in [-0.15, -0.1) is 11.3 Å². The van der Waals surface area contributed by atoms with Crippen molar-refractivity contribution in [3.63, 3.8) is 0 Å². The van der Waals surface area contributed by atoms with Gasteiger partial charge in [0, 0.05) is 4.91 Å². The van der Waals surface area contributed by atoms with Crippen LogP contribution in [0.5, 0.6) is 0 Å². The average molecular weight is 161 g/mol. The van der Waals surface area contributed by atoms with Crippen molar-refractivity contribution >= 4 is 28.1 Å². The number of halogens is 1. The highest BCUT2D eigenvalue weighted by Crippen LogP contribution is 2.24. The van der Waals surface area contributed by atoms with E-state index in [1.165, 1.54) is 6.20 Å². The Morgan fingerprint density at radius 2 is 2.67 bits per heavy atom. The first kappa shape index (κ1) is 6.35. The minimum atomic E-state index is 0.350. The Morgan fingerprint density at radius 1 is 1.89 bits per heavy atom. The van der Waals surface area contributed by atoms with Gasteiger partial charge in [-0.05, 0) is 10.6 Å². The molecule has 0 aliphatic heterocycles. The molecule has 46 valence electrons. The van der Waals surface area contributed by atoms with Crippen molar-refractivity contribution in [1.29, 1.82) is 0 Å². The summed E-state index contributed by atoms with van der Waals surface area (Å²) in [6, 6.07) is 0. The van der Waals surface area contributed by atoms with E-state index in [9.17, 15) is 0 Å². The summed E-state index contributed by atoms with van der Waals surface area (Å²) in [5.74, 6) is 0. The van der Waals surface area contributed by atoms with Crippen LogP contribution in [-0.4, -0.2) is 4.98 Å². The highest BCUT2D eigenvalue weighted by atomic mass is 35.5. The second-order valence-electron chi connectivity index (χ2n) is 1.14. The van der Waals surface area contributed by atoms with Gasteiger partial charge in [0.1, 0.15) is 4.34 Å². The van der Waals surface area contributed by atoms with Gasteiger partial charge in [0.15, 0.2) is 5.13 Å². The molecule has 0 radical (unpaired) electrons. The van der Waals surface area contributed by atoms with E-state index in [1.807, 2.05) is 0 Å². The summed E-state index contributed by atoms with van der Waals surface area (Å²) in [4.78, 5) is 6.21. The molecule has 0 N–H and O–H groups in total. The summed E-state index contributed by atoms with van der Waals surface area (Å²) in [5.41, 5.74) is 7.91. The third kappa shape index (κ3) is 1.57. The zero-order chi connectivity index (χ0) is 6.69. The van der Waals surface area contributed by atoms with E-state index in [4.69, 9.17) is 17.1 Å². The van der Waals surface area contributed by atoms with Crippen LogP contribution in [0.1, 0.15) is 0 Å². The minimum absolute atomic E-state index is 0.350. The fraction of sp³-hybridized carbons (Fsp3) is 0. The summed E-state index contributed by atoms with van der Waals surface area (Å²) in [6.07, 6.45) is 1.44. The third-order valence-corrected chi connectivity index (χ3v) is 1.59. The van der Waals surface area contributed by atoms with E-state index in [1.54, 1.807) is 0 Å². The first-order valence-electron chi connectivity index (χ1n) is 1.99. The zero-order valence-electron chi connectivity index (χ0n) is 4.15. The lowest BCUT2D eigenvalue weighted by Gasteiger charge is -1.69. The summed E-state index contributed by atoms with van der Waals surface area (Å²) >= 11 is 6.62. The maximum atomic E-state index is 7.91. The molecule has 0 fully saturated rings. The van der Waals surface area contributed by atoms with E-state index in [0.29, 0.717) is 9.47 Å². The molecule has 0 saturated carbocycles. The number of thiazole rings is 1. The summed E-state index contributed by atoms with van der Waals surface area (Å²) in [5, 5.41) is 3.58. The molecule has 0 unspecified atom stereocenters. The van der Waals surface area contributed by atoms with E-state index >= 15 is 0 Å². The Kier molecular flexibility index (Phi) is 1.89. The molecule has 1 heterocycles. The van der Waals surface area contributed by atoms with Crippen molar-refractivity contribution in [3.05, 3.63) is 21.0 Å². The molecule has 6 heteroatoms. The molecule has 0 aromatic carbocycles. The molecule has 0 atom stereocenters. The van der Waals surface area contributed by atoms with Crippen LogP contribution < -0.4 is 0 Å². The predicted octanol–water partition coefficient (Wildman–Crippen LogP) is 2.74. The quantitative estimate of drug-likeness (QED) is 0.354. The Labute approximate surface area is 59.7 Å². The molecule has 0 saturated heterocycles. The fourth-order valence-corrected chi connectivity index (χ4v) is 1.05. The largest absolute Gasteiger partial charge is 0.241 e. The van der Waals surface area contributed by atoms with Crippen molar-refractivity contribution in [3.8, 4) is 0 Å². The van der Waals surface area contributed by atoms with Gasteiger partial charge in [-0.2, -0.15) is 0 Å². The molecule has 0 bridgehead atoms. The summed E-state index contributed by atoms with van der Waals surface area (Å²) in [7, 11) is 0. The van der Waals surface area contributed by atoms with Crippen molar-refractivity contribution in [1.82, 2.24) is 4.98 Å². The number of hydrogen-bond acceptors (Lipinski definition) is 3. The molecule has 4 nitrogen and oxygen atoms in total. The predicted molar refractivity (Wildman–Crippen MR) is 35.9 cm³/mol. The number of hydrogen-bond donors (Lipinski definition) is 0. The van der Waals surface area contributed by atoms with E-state index in [-0.39, 0.29) is 0 Å². The maximum Gasteiger partial charge on any atom is 0.181 e.